The highest BCUT2D eigenvalue weighted by atomic mass is 32.2. The van der Waals surface area contributed by atoms with Gasteiger partial charge in [0.2, 0.25) is 10.0 Å². The van der Waals surface area contributed by atoms with Crippen molar-refractivity contribution in [3.63, 3.8) is 0 Å². The lowest BCUT2D eigenvalue weighted by Crippen LogP contribution is -2.11. The molecular weight excluding hydrogens is 402 g/mol. The fourth-order valence-electron chi connectivity index (χ4n) is 2.71. The summed E-state index contributed by atoms with van der Waals surface area (Å²) in [7, 11) is -3.81. The van der Waals surface area contributed by atoms with E-state index in [0.29, 0.717) is 33.3 Å². The maximum Gasteiger partial charge on any atom is 0.293 e. The van der Waals surface area contributed by atoms with Gasteiger partial charge in [-0.2, -0.15) is 0 Å². The summed E-state index contributed by atoms with van der Waals surface area (Å²) in [6.07, 6.45) is 0. The molecule has 28 heavy (non-hydrogen) atoms. The first-order valence-corrected chi connectivity index (χ1v) is 10.6. The SMILES string of the molecule is CCOc1cccc2cc(C(=O)Nc3nc4ccc(S(N)(=O)=O)cc4s3)oc12. The fourth-order valence-corrected chi connectivity index (χ4v) is 4.23. The van der Waals surface area contributed by atoms with Crippen LogP contribution in [0.1, 0.15) is 17.5 Å². The summed E-state index contributed by atoms with van der Waals surface area (Å²) < 4.78 is 34.7. The molecule has 4 aromatic rings. The predicted molar refractivity (Wildman–Crippen MR) is 106 cm³/mol. The molecule has 0 atom stereocenters. The molecule has 2 aromatic carbocycles. The minimum absolute atomic E-state index is 0.0118. The van der Waals surface area contributed by atoms with Crippen LogP contribution in [0.25, 0.3) is 21.2 Å². The Kier molecular flexibility index (Phi) is 4.53. The summed E-state index contributed by atoms with van der Waals surface area (Å²) >= 11 is 1.14. The number of carbonyl (C=O) groups excluding carboxylic acids is 1. The molecule has 8 nitrogen and oxygen atoms in total. The van der Waals surface area contributed by atoms with Crippen LogP contribution in [-0.2, 0) is 10.0 Å². The molecule has 0 aliphatic carbocycles. The lowest BCUT2D eigenvalue weighted by atomic mass is 10.2. The van der Waals surface area contributed by atoms with Crippen molar-refractivity contribution in [2.45, 2.75) is 11.8 Å². The highest BCUT2D eigenvalue weighted by Gasteiger charge is 2.17. The van der Waals surface area contributed by atoms with E-state index >= 15 is 0 Å². The highest BCUT2D eigenvalue weighted by Crippen LogP contribution is 2.31. The van der Waals surface area contributed by atoms with Gasteiger partial charge in [0, 0.05) is 5.39 Å². The lowest BCUT2D eigenvalue weighted by Gasteiger charge is -2.02. The third-order valence-corrected chi connectivity index (χ3v) is 5.79. The van der Waals surface area contributed by atoms with Crippen molar-refractivity contribution in [3.8, 4) is 5.75 Å². The lowest BCUT2D eigenvalue weighted by molar-refractivity contribution is 0.0998. The van der Waals surface area contributed by atoms with Crippen LogP contribution in [-0.4, -0.2) is 25.9 Å². The number of sulfonamides is 1. The van der Waals surface area contributed by atoms with Gasteiger partial charge in [0.1, 0.15) is 0 Å². The second-order valence-corrected chi connectivity index (χ2v) is 8.46. The normalized spacial score (nSPS) is 11.8. The average Bonchev–Trinajstić information content (AvgIpc) is 3.24. The number of anilines is 1. The van der Waals surface area contributed by atoms with E-state index in [1.54, 1.807) is 12.1 Å². The van der Waals surface area contributed by atoms with E-state index in [1.165, 1.54) is 18.2 Å². The summed E-state index contributed by atoms with van der Waals surface area (Å²) in [5.74, 6) is 0.213. The van der Waals surface area contributed by atoms with Crippen LogP contribution in [0.15, 0.2) is 51.8 Å². The number of hydrogen-bond donors (Lipinski definition) is 2. The largest absolute Gasteiger partial charge is 0.490 e. The van der Waals surface area contributed by atoms with E-state index in [9.17, 15) is 13.2 Å². The first-order valence-electron chi connectivity index (χ1n) is 8.25. The number of primary sulfonamides is 1. The molecule has 0 fully saturated rings. The van der Waals surface area contributed by atoms with Crippen molar-refractivity contribution in [1.82, 2.24) is 4.98 Å². The van der Waals surface area contributed by atoms with Gasteiger partial charge in [0.05, 0.1) is 21.7 Å². The Balaban J connectivity index is 1.63. The summed E-state index contributed by atoms with van der Waals surface area (Å²) in [5, 5.41) is 8.88. The standard InChI is InChI=1S/C18H15N3O5S2/c1-2-25-13-5-3-4-10-8-14(26-16(10)13)17(22)21-18-20-12-7-6-11(28(19,23)24)9-15(12)27-18/h3-9H,2H2,1H3,(H2,19,23,24)(H,20,21,22). The number of benzene rings is 2. The Morgan fingerprint density at radius 3 is 2.86 bits per heavy atom. The van der Waals surface area contributed by atoms with Crippen molar-refractivity contribution in [3.05, 3.63) is 48.2 Å². The van der Waals surface area contributed by atoms with Gasteiger partial charge in [0.15, 0.2) is 22.2 Å². The number of amides is 1. The maximum atomic E-state index is 12.6. The van der Waals surface area contributed by atoms with E-state index in [4.69, 9.17) is 14.3 Å². The third-order valence-electron chi connectivity index (χ3n) is 3.94. The Bertz CT molecular complexity index is 1310. The second kappa shape index (κ2) is 6.89. The van der Waals surface area contributed by atoms with Crippen molar-refractivity contribution in [2.24, 2.45) is 5.14 Å². The van der Waals surface area contributed by atoms with Crippen LogP contribution >= 0.6 is 11.3 Å². The molecule has 0 saturated carbocycles. The minimum atomic E-state index is -3.81. The average molecular weight is 417 g/mol. The Morgan fingerprint density at radius 1 is 1.29 bits per heavy atom. The molecule has 144 valence electrons. The number of ether oxygens (including phenoxy) is 1. The molecule has 1 amide bonds. The van der Waals surface area contributed by atoms with Crippen molar-refractivity contribution in [1.29, 1.82) is 0 Å². The van der Waals surface area contributed by atoms with Gasteiger partial charge < -0.3 is 9.15 Å². The maximum absolute atomic E-state index is 12.6. The smallest absolute Gasteiger partial charge is 0.293 e. The molecule has 0 radical (unpaired) electrons. The van der Waals surface area contributed by atoms with Gasteiger partial charge in [-0.3, -0.25) is 10.1 Å². The van der Waals surface area contributed by atoms with Gasteiger partial charge in [-0.25, -0.2) is 18.5 Å². The Morgan fingerprint density at radius 2 is 2.11 bits per heavy atom. The number of nitrogens with two attached hydrogens (primary N) is 1. The third kappa shape index (κ3) is 3.44. The molecule has 0 bridgehead atoms. The summed E-state index contributed by atoms with van der Waals surface area (Å²) in [4.78, 5) is 16.8. The molecule has 0 spiro atoms. The van der Waals surface area contributed by atoms with E-state index in [2.05, 4.69) is 10.3 Å². The quantitative estimate of drug-likeness (QED) is 0.513. The van der Waals surface area contributed by atoms with Crippen LogP contribution in [0.3, 0.4) is 0 Å². The number of nitrogens with zero attached hydrogens (tertiary/aromatic N) is 1. The van der Waals surface area contributed by atoms with Crippen LogP contribution in [0.4, 0.5) is 5.13 Å². The number of fused-ring (bicyclic) bond motifs is 2. The Labute approximate surface area is 164 Å². The number of furan rings is 1. The summed E-state index contributed by atoms with van der Waals surface area (Å²) in [6, 6.07) is 11.4. The molecule has 2 heterocycles. The minimum Gasteiger partial charge on any atom is -0.490 e. The number of para-hydroxylation sites is 1. The molecule has 0 aliphatic rings. The topological polar surface area (TPSA) is 125 Å². The Hall–Kier alpha value is -2.95. The monoisotopic (exact) mass is 417 g/mol. The highest BCUT2D eigenvalue weighted by molar-refractivity contribution is 7.89. The van der Waals surface area contributed by atoms with Crippen LogP contribution in [0.5, 0.6) is 5.75 Å². The zero-order valence-electron chi connectivity index (χ0n) is 14.6. The molecule has 0 saturated heterocycles. The molecule has 2 aromatic heterocycles. The van der Waals surface area contributed by atoms with E-state index in [-0.39, 0.29) is 10.7 Å². The van der Waals surface area contributed by atoms with Gasteiger partial charge in [-0.1, -0.05) is 23.5 Å². The molecule has 0 unspecified atom stereocenters. The van der Waals surface area contributed by atoms with E-state index < -0.39 is 15.9 Å². The van der Waals surface area contributed by atoms with Gasteiger partial charge in [-0.05, 0) is 37.3 Å². The first kappa shape index (κ1) is 18.4. The van der Waals surface area contributed by atoms with E-state index in [1.807, 2.05) is 19.1 Å². The molecule has 3 N–H and O–H groups in total. The van der Waals surface area contributed by atoms with Crippen molar-refractivity contribution >= 4 is 53.6 Å². The summed E-state index contributed by atoms with van der Waals surface area (Å²) in [5.41, 5.74) is 1.05. The molecule has 4 rings (SSSR count). The predicted octanol–water partition coefficient (Wildman–Crippen LogP) is 3.34. The van der Waals surface area contributed by atoms with Crippen LogP contribution in [0, 0.1) is 0 Å². The van der Waals surface area contributed by atoms with Crippen molar-refractivity contribution < 1.29 is 22.4 Å². The molecule has 0 aliphatic heterocycles. The zero-order valence-corrected chi connectivity index (χ0v) is 16.3. The van der Waals surface area contributed by atoms with Crippen LogP contribution < -0.4 is 15.2 Å². The van der Waals surface area contributed by atoms with E-state index in [0.717, 1.165) is 16.7 Å². The van der Waals surface area contributed by atoms with Crippen LogP contribution in [0.2, 0.25) is 0 Å². The first-order chi connectivity index (χ1) is 13.3. The summed E-state index contributed by atoms with van der Waals surface area (Å²) in [6.45, 7) is 2.34. The van der Waals surface area contributed by atoms with Gasteiger partial charge in [0.25, 0.3) is 5.91 Å². The van der Waals surface area contributed by atoms with Gasteiger partial charge >= 0.3 is 0 Å². The number of carbonyl (C=O) groups is 1. The van der Waals surface area contributed by atoms with Gasteiger partial charge in [-0.15, -0.1) is 0 Å². The number of rotatable bonds is 5. The molecule has 10 heteroatoms. The second-order valence-electron chi connectivity index (χ2n) is 5.87. The number of aromatic nitrogens is 1. The number of nitrogens with one attached hydrogen (secondary N) is 1. The zero-order chi connectivity index (χ0) is 19.9. The van der Waals surface area contributed by atoms with Crippen molar-refractivity contribution in [2.75, 3.05) is 11.9 Å². The molecular formula is C18H15N3O5S2. The number of hydrogen-bond acceptors (Lipinski definition) is 7. The number of thiazole rings is 1. The fraction of sp³-hybridized carbons (Fsp3) is 0.111.